The molecule has 0 atom stereocenters. The summed E-state index contributed by atoms with van der Waals surface area (Å²) in [6.07, 6.45) is 1.12. The van der Waals surface area contributed by atoms with Gasteiger partial charge in [-0.15, -0.1) is 0 Å². The molecular formula is C15H25FN2O. The number of hydrogen-bond acceptors (Lipinski definition) is 3. The summed E-state index contributed by atoms with van der Waals surface area (Å²) in [6, 6.07) is 7.89. The molecule has 0 spiro atoms. The maximum absolute atomic E-state index is 12.0. The number of nitrogens with zero attached hydrogens (tertiary/aromatic N) is 2. The Morgan fingerprint density at radius 2 is 1.74 bits per heavy atom. The summed E-state index contributed by atoms with van der Waals surface area (Å²) < 4.78 is 17.3. The minimum atomic E-state index is -0.452. The Bertz CT molecular complexity index is 341. The molecule has 0 bridgehead atoms. The lowest BCUT2D eigenvalue weighted by atomic mass is 10.2. The van der Waals surface area contributed by atoms with Crippen molar-refractivity contribution in [1.29, 1.82) is 0 Å². The standard InChI is InChI=1S/C15H25FN2O/c1-4-10-18(12-11-17(2)3)14-5-7-15(8-6-14)19-13-9-16/h5-8H,4,9-13H2,1-3H3. The van der Waals surface area contributed by atoms with Crippen molar-refractivity contribution in [1.82, 2.24) is 4.90 Å². The Hall–Kier alpha value is -1.29. The molecule has 108 valence electrons. The summed E-state index contributed by atoms with van der Waals surface area (Å²) in [6.45, 7) is 4.93. The zero-order valence-electron chi connectivity index (χ0n) is 12.2. The fourth-order valence-electron chi connectivity index (χ4n) is 1.87. The molecule has 0 N–H and O–H groups in total. The fraction of sp³-hybridized carbons (Fsp3) is 0.600. The van der Waals surface area contributed by atoms with Crippen LogP contribution in [-0.4, -0.2) is 51.9 Å². The second-order valence-corrected chi connectivity index (χ2v) is 4.82. The first kappa shape index (κ1) is 15.8. The van der Waals surface area contributed by atoms with Crippen molar-refractivity contribution in [3.8, 4) is 5.75 Å². The van der Waals surface area contributed by atoms with E-state index in [1.165, 1.54) is 5.69 Å². The molecule has 0 fully saturated rings. The zero-order chi connectivity index (χ0) is 14.1. The molecule has 0 aromatic heterocycles. The Labute approximate surface area is 116 Å². The highest BCUT2D eigenvalue weighted by Crippen LogP contribution is 2.19. The molecule has 0 aliphatic carbocycles. The van der Waals surface area contributed by atoms with Gasteiger partial charge in [-0.25, -0.2) is 4.39 Å². The summed E-state index contributed by atoms with van der Waals surface area (Å²) in [5, 5.41) is 0. The van der Waals surface area contributed by atoms with Crippen LogP contribution in [0.3, 0.4) is 0 Å². The molecule has 1 aromatic carbocycles. The van der Waals surface area contributed by atoms with E-state index in [9.17, 15) is 4.39 Å². The normalized spacial score (nSPS) is 10.8. The number of halogens is 1. The van der Waals surface area contributed by atoms with E-state index in [1.807, 2.05) is 24.3 Å². The largest absolute Gasteiger partial charge is 0.491 e. The third-order valence-corrected chi connectivity index (χ3v) is 2.86. The number of ether oxygens (including phenoxy) is 1. The molecule has 0 saturated heterocycles. The zero-order valence-corrected chi connectivity index (χ0v) is 12.2. The molecule has 0 heterocycles. The van der Waals surface area contributed by atoms with Crippen LogP contribution in [0.4, 0.5) is 10.1 Å². The maximum Gasteiger partial charge on any atom is 0.123 e. The van der Waals surface area contributed by atoms with Gasteiger partial charge in [-0.2, -0.15) is 0 Å². The SMILES string of the molecule is CCCN(CCN(C)C)c1ccc(OCCF)cc1. The van der Waals surface area contributed by atoms with Crippen LogP contribution < -0.4 is 9.64 Å². The van der Waals surface area contributed by atoms with Crippen molar-refractivity contribution in [3.63, 3.8) is 0 Å². The lowest BCUT2D eigenvalue weighted by Crippen LogP contribution is -2.32. The number of alkyl halides is 1. The molecule has 1 aromatic rings. The van der Waals surface area contributed by atoms with Gasteiger partial charge in [0.15, 0.2) is 0 Å². The summed E-state index contributed by atoms with van der Waals surface area (Å²) in [7, 11) is 4.16. The minimum absolute atomic E-state index is 0.124. The molecule has 0 amide bonds. The predicted molar refractivity (Wildman–Crippen MR) is 79.0 cm³/mol. The number of benzene rings is 1. The van der Waals surface area contributed by atoms with Gasteiger partial charge in [0, 0.05) is 25.3 Å². The van der Waals surface area contributed by atoms with Gasteiger partial charge in [0.1, 0.15) is 19.0 Å². The molecule has 3 nitrogen and oxygen atoms in total. The smallest absolute Gasteiger partial charge is 0.123 e. The van der Waals surface area contributed by atoms with Crippen LogP contribution in [-0.2, 0) is 0 Å². The summed E-state index contributed by atoms with van der Waals surface area (Å²) in [5.41, 5.74) is 1.19. The molecule has 0 saturated carbocycles. The quantitative estimate of drug-likeness (QED) is 0.685. The van der Waals surface area contributed by atoms with Gasteiger partial charge in [-0.05, 0) is 44.8 Å². The molecule has 4 heteroatoms. The van der Waals surface area contributed by atoms with Gasteiger partial charge in [-0.3, -0.25) is 0 Å². The van der Waals surface area contributed by atoms with Crippen LogP contribution in [0.5, 0.6) is 5.75 Å². The average Bonchev–Trinajstić information content (AvgIpc) is 2.41. The van der Waals surface area contributed by atoms with Crippen LogP contribution in [0.25, 0.3) is 0 Å². The highest BCUT2D eigenvalue weighted by atomic mass is 19.1. The second-order valence-electron chi connectivity index (χ2n) is 4.82. The first-order valence-electron chi connectivity index (χ1n) is 6.86. The lowest BCUT2D eigenvalue weighted by Gasteiger charge is -2.26. The van der Waals surface area contributed by atoms with Crippen LogP contribution in [0.15, 0.2) is 24.3 Å². The summed E-state index contributed by atoms with van der Waals surface area (Å²) in [5.74, 6) is 0.727. The van der Waals surface area contributed by atoms with E-state index in [4.69, 9.17) is 4.74 Å². The van der Waals surface area contributed by atoms with Crippen molar-refractivity contribution in [3.05, 3.63) is 24.3 Å². The van der Waals surface area contributed by atoms with E-state index >= 15 is 0 Å². The van der Waals surface area contributed by atoms with Crippen molar-refractivity contribution >= 4 is 5.69 Å². The minimum Gasteiger partial charge on any atom is -0.491 e. The van der Waals surface area contributed by atoms with Gasteiger partial charge >= 0.3 is 0 Å². The van der Waals surface area contributed by atoms with Crippen LogP contribution in [0.2, 0.25) is 0 Å². The number of likely N-dealkylation sites (N-methyl/N-ethyl adjacent to an activating group) is 1. The highest BCUT2D eigenvalue weighted by molar-refractivity contribution is 5.49. The Morgan fingerprint density at radius 3 is 2.26 bits per heavy atom. The van der Waals surface area contributed by atoms with Crippen molar-refractivity contribution < 1.29 is 9.13 Å². The van der Waals surface area contributed by atoms with E-state index in [-0.39, 0.29) is 6.61 Å². The molecule has 0 unspecified atom stereocenters. The highest BCUT2D eigenvalue weighted by Gasteiger charge is 2.06. The second kappa shape index (κ2) is 8.75. The first-order valence-corrected chi connectivity index (χ1v) is 6.86. The molecule has 0 aliphatic rings. The predicted octanol–water partition coefficient (Wildman–Crippen LogP) is 2.81. The Kier molecular flexibility index (Phi) is 7.26. The first-order chi connectivity index (χ1) is 9.17. The van der Waals surface area contributed by atoms with Gasteiger partial charge < -0.3 is 14.5 Å². The van der Waals surface area contributed by atoms with E-state index in [1.54, 1.807) is 0 Å². The van der Waals surface area contributed by atoms with Gasteiger partial charge in [0.25, 0.3) is 0 Å². The van der Waals surface area contributed by atoms with Crippen LogP contribution >= 0.6 is 0 Å². The van der Waals surface area contributed by atoms with E-state index in [0.29, 0.717) is 0 Å². The Morgan fingerprint density at radius 1 is 1.05 bits per heavy atom. The van der Waals surface area contributed by atoms with Crippen LogP contribution in [0.1, 0.15) is 13.3 Å². The monoisotopic (exact) mass is 268 g/mol. The van der Waals surface area contributed by atoms with E-state index in [0.717, 1.165) is 31.8 Å². The number of hydrogen-bond donors (Lipinski definition) is 0. The molecule has 0 aliphatic heterocycles. The third kappa shape index (κ3) is 5.92. The molecule has 0 radical (unpaired) electrons. The third-order valence-electron chi connectivity index (χ3n) is 2.86. The van der Waals surface area contributed by atoms with E-state index < -0.39 is 6.67 Å². The molecule has 1 rings (SSSR count). The number of rotatable bonds is 9. The van der Waals surface area contributed by atoms with Crippen molar-refractivity contribution in [2.45, 2.75) is 13.3 Å². The van der Waals surface area contributed by atoms with Crippen LogP contribution in [0, 0.1) is 0 Å². The lowest BCUT2D eigenvalue weighted by molar-refractivity contribution is 0.273. The van der Waals surface area contributed by atoms with Gasteiger partial charge in [0.2, 0.25) is 0 Å². The topological polar surface area (TPSA) is 15.7 Å². The fourth-order valence-corrected chi connectivity index (χ4v) is 1.87. The van der Waals surface area contributed by atoms with Gasteiger partial charge in [0.05, 0.1) is 0 Å². The molecule has 19 heavy (non-hydrogen) atoms. The van der Waals surface area contributed by atoms with Gasteiger partial charge in [-0.1, -0.05) is 6.92 Å². The maximum atomic E-state index is 12.0. The van der Waals surface area contributed by atoms with Crippen molar-refractivity contribution in [2.75, 3.05) is 51.9 Å². The van der Waals surface area contributed by atoms with Crippen molar-refractivity contribution in [2.24, 2.45) is 0 Å². The molecular weight excluding hydrogens is 243 g/mol. The average molecular weight is 268 g/mol. The number of anilines is 1. The Balaban J connectivity index is 2.62. The summed E-state index contributed by atoms with van der Waals surface area (Å²) in [4.78, 5) is 4.54. The van der Waals surface area contributed by atoms with E-state index in [2.05, 4.69) is 30.8 Å². The summed E-state index contributed by atoms with van der Waals surface area (Å²) >= 11 is 0.